The lowest BCUT2D eigenvalue weighted by atomic mass is 9.91. The highest BCUT2D eigenvalue weighted by Gasteiger charge is 2.39. The van der Waals surface area contributed by atoms with Gasteiger partial charge in [-0.25, -0.2) is 8.93 Å². The third-order valence-electron chi connectivity index (χ3n) is 3.91. The molecular formula is C18H25NO3S. The predicted octanol–water partition coefficient (Wildman–Crippen LogP) is 2.87. The van der Waals surface area contributed by atoms with Crippen molar-refractivity contribution in [2.75, 3.05) is 6.61 Å². The Hall–Kier alpha value is -1.46. The number of hydrogen-bond donors (Lipinski definition) is 1. The first kappa shape index (κ1) is 17.9. The van der Waals surface area contributed by atoms with Crippen LogP contribution < -0.4 is 4.72 Å². The molecule has 1 N–H and O–H groups in total. The summed E-state index contributed by atoms with van der Waals surface area (Å²) in [6, 6.07) is 7.29. The summed E-state index contributed by atoms with van der Waals surface area (Å²) in [6.45, 7) is 11.8. The van der Waals surface area contributed by atoms with Crippen LogP contribution in [0, 0.1) is 0 Å². The zero-order chi connectivity index (χ0) is 17.2. The maximum atomic E-state index is 12.5. The Bertz CT molecular complexity index is 633. The summed E-state index contributed by atoms with van der Waals surface area (Å²) in [5, 5.41) is 0. The minimum atomic E-state index is -1.37. The first-order chi connectivity index (χ1) is 10.8. The van der Waals surface area contributed by atoms with Crippen LogP contribution in [0.5, 0.6) is 0 Å². The van der Waals surface area contributed by atoms with E-state index < -0.39 is 21.8 Å². The third kappa shape index (κ3) is 3.90. The lowest BCUT2D eigenvalue weighted by molar-refractivity contribution is -0.145. The van der Waals surface area contributed by atoms with E-state index in [-0.39, 0.29) is 11.9 Å². The molecule has 0 spiro atoms. The summed E-state index contributed by atoms with van der Waals surface area (Å²) in [7, 11) is -1.37. The summed E-state index contributed by atoms with van der Waals surface area (Å²) < 4.78 is 20.3. The van der Waals surface area contributed by atoms with Crippen molar-refractivity contribution in [1.82, 2.24) is 4.72 Å². The minimum Gasteiger partial charge on any atom is -0.465 e. The molecule has 1 aromatic rings. The van der Waals surface area contributed by atoms with Crippen molar-refractivity contribution in [2.24, 2.45) is 0 Å². The van der Waals surface area contributed by atoms with Gasteiger partial charge in [0.25, 0.3) is 0 Å². The monoisotopic (exact) mass is 335 g/mol. The molecule has 2 rings (SSSR count). The zero-order valence-corrected chi connectivity index (χ0v) is 15.0. The second kappa shape index (κ2) is 6.97. The van der Waals surface area contributed by atoms with E-state index in [4.69, 9.17) is 4.74 Å². The van der Waals surface area contributed by atoms with Crippen LogP contribution >= 0.6 is 0 Å². The minimum absolute atomic E-state index is 0.212. The highest BCUT2D eigenvalue weighted by atomic mass is 32.2. The van der Waals surface area contributed by atoms with Crippen molar-refractivity contribution in [2.45, 2.75) is 50.8 Å². The average molecular weight is 335 g/mol. The zero-order valence-electron chi connectivity index (χ0n) is 14.2. The smallest absolute Gasteiger partial charge is 0.325 e. The van der Waals surface area contributed by atoms with E-state index >= 15 is 0 Å². The van der Waals surface area contributed by atoms with Crippen LogP contribution in [0.25, 0.3) is 0 Å². The first-order valence-electron chi connectivity index (χ1n) is 7.85. The summed E-state index contributed by atoms with van der Waals surface area (Å²) >= 11 is 0. The first-order valence-corrected chi connectivity index (χ1v) is 9.00. The van der Waals surface area contributed by atoms with Crippen molar-refractivity contribution in [1.29, 1.82) is 0 Å². The number of hydrogen-bond acceptors (Lipinski definition) is 3. The average Bonchev–Trinajstić information content (AvgIpc) is 2.79. The number of rotatable bonds is 5. The molecule has 0 aliphatic heterocycles. The molecule has 2 unspecified atom stereocenters. The molecule has 1 aliphatic rings. The van der Waals surface area contributed by atoms with Gasteiger partial charge in [0.05, 0.1) is 22.3 Å². The lowest BCUT2D eigenvalue weighted by Crippen LogP contribution is -2.47. The summed E-state index contributed by atoms with van der Waals surface area (Å²) in [5.74, 6) is -0.593. The molecule has 0 fully saturated rings. The maximum Gasteiger partial charge on any atom is 0.325 e. The van der Waals surface area contributed by atoms with Gasteiger partial charge in [-0.2, -0.15) is 0 Å². The Morgan fingerprint density at radius 1 is 1.43 bits per heavy atom. The number of fused-ring (bicyclic) bond motifs is 1. The summed E-state index contributed by atoms with van der Waals surface area (Å²) in [4.78, 5) is 12.5. The topological polar surface area (TPSA) is 55.4 Å². The Balaban J connectivity index is 2.36. The number of esters is 1. The molecule has 0 radical (unpaired) electrons. The van der Waals surface area contributed by atoms with Crippen LogP contribution in [0.1, 0.15) is 44.7 Å². The predicted molar refractivity (Wildman–Crippen MR) is 93.5 cm³/mol. The van der Waals surface area contributed by atoms with E-state index in [1.165, 1.54) is 5.56 Å². The van der Waals surface area contributed by atoms with Crippen LogP contribution in [0.15, 0.2) is 36.4 Å². The van der Waals surface area contributed by atoms with Crippen LogP contribution in [0.3, 0.4) is 0 Å². The maximum absolute atomic E-state index is 12.5. The van der Waals surface area contributed by atoms with E-state index in [0.29, 0.717) is 6.61 Å². The van der Waals surface area contributed by atoms with Crippen molar-refractivity contribution in [3.63, 3.8) is 0 Å². The summed E-state index contributed by atoms with van der Waals surface area (Å²) in [6.07, 6.45) is 0.737. The van der Waals surface area contributed by atoms with Gasteiger partial charge in [-0.05, 0) is 45.2 Å². The van der Waals surface area contributed by atoms with Gasteiger partial charge < -0.3 is 4.74 Å². The fourth-order valence-electron chi connectivity index (χ4n) is 2.76. The molecular weight excluding hydrogens is 310 g/mol. The molecule has 0 bridgehead atoms. The van der Waals surface area contributed by atoms with E-state index in [2.05, 4.69) is 11.3 Å². The van der Waals surface area contributed by atoms with E-state index in [1.807, 2.05) is 45.0 Å². The quantitative estimate of drug-likeness (QED) is 0.665. The molecule has 5 heteroatoms. The summed E-state index contributed by atoms with van der Waals surface area (Å²) in [5.41, 5.74) is 3.18. The van der Waals surface area contributed by atoms with Gasteiger partial charge in [-0.15, -0.1) is 0 Å². The molecule has 0 amide bonds. The fourth-order valence-corrected chi connectivity index (χ4v) is 3.58. The van der Waals surface area contributed by atoms with Gasteiger partial charge >= 0.3 is 5.97 Å². The van der Waals surface area contributed by atoms with Gasteiger partial charge in [-0.1, -0.05) is 36.4 Å². The number of benzene rings is 1. The molecule has 1 aromatic carbocycles. The number of carbonyl (C=O) groups excluding carboxylic acids is 1. The highest BCUT2D eigenvalue weighted by molar-refractivity contribution is 7.84. The molecule has 126 valence electrons. The number of nitrogens with one attached hydrogen (secondary N) is 1. The Labute approximate surface area is 140 Å². The molecule has 23 heavy (non-hydrogen) atoms. The van der Waals surface area contributed by atoms with Crippen molar-refractivity contribution in [3.05, 3.63) is 47.5 Å². The normalized spacial score (nSPS) is 20.0. The van der Waals surface area contributed by atoms with Gasteiger partial charge in [-0.3, -0.25) is 4.79 Å². The van der Waals surface area contributed by atoms with E-state index in [0.717, 1.165) is 17.6 Å². The molecule has 3 atom stereocenters. The van der Waals surface area contributed by atoms with E-state index in [9.17, 15) is 9.00 Å². The fraction of sp³-hybridized carbons (Fsp3) is 0.500. The Morgan fingerprint density at radius 3 is 2.70 bits per heavy atom. The largest absolute Gasteiger partial charge is 0.465 e. The van der Waals surface area contributed by atoms with Gasteiger partial charge in [0.1, 0.15) is 6.04 Å². The van der Waals surface area contributed by atoms with Crippen molar-refractivity contribution < 1.29 is 13.7 Å². The molecule has 0 heterocycles. The number of carbonyl (C=O) groups is 1. The molecule has 0 saturated carbocycles. The second-order valence-electron chi connectivity index (χ2n) is 6.74. The molecule has 1 aliphatic carbocycles. The van der Waals surface area contributed by atoms with Crippen molar-refractivity contribution in [3.8, 4) is 0 Å². The van der Waals surface area contributed by atoms with Gasteiger partial charge in [0.15, 0.2) is 0 Å². The number of ether oxygens (including phenoxy) is 1. The van der Waals surface area contributed by atoms with Gasteiger partial charge in [0, 0.05) is 5.92 Å². The van der Waals surface area contributed by atoms with Crippen LogP contribution in [0.4, 0.5) is 0 Å². The highest BCUT2D eigenvalue weighted by Crippen LogP contribution is 2.39. The van der Waals surface area contributed by atoms with E-state index in [1.54, 1.807) is 6.92 Å². The van der Waals surface area contributed by atoms with Gasteiger partial charge in [0.2, 0.25) is 0 Å². The Morgan fingerprint density at radius 2 is 2.09 bits per heavy atom. The lowest BCUT2D eigenvalue weighted by Gasteiger charge is -2.28. The molecule has 0 aromatic heterocycles. The molecule has 4 nitrogen and oxygen atoms in total. The Kier molecular flexibility index (Phi) is 5.42. The van der Waals surface area contributed by atoms with Crippen LogP contribution in [-0.2, 0) is 26.9 Å². The van der Waals surface area contributed by atoms with Crippen molar-refractivity contribution >= 4 is 17.0 Å². The second-order valence-corrected chi connectivity index (χ2v) is 8.74. The standard InChI is InChI=1S/C18H25NO3S/c1-6-22-17(20)16(19-23(21)18(3,4)5)15-12(2)11-13-9-7-8-10-14(13)15/h7-10,15-16,19H,2,6,11H2,1,3-5H3/t15?,16-,23?/m0/s1. The molecule has 0 saturated heterocycles. The van der Waals surface area contributed by atoms with Crippen LogP contribution in [-0.4, -0.2) is 27.6 Å². The SMILES string of the molecule is C=C1Cc2ccccc2C1[C@H](NS(=O)C(C)(C)C)C(=O)OCC. The third-order valence-corrected chi connectivity index (χ3v) is 5.49. The van der Waals surface area contributed by atoms with Crippen LogP contribution in [0.2, 0.25) is 0 Å².